The smallest absolute Gasteiger partial charge is 0.167 e. The van der Waals surface area contributed by atoms with E-state index >= 15 is 0 Å². The number of hydrogen-bond acceptors (Lipinski definition) is 3. The van der Waals surface area contributed by atoms with Crippen molar-refractivity contribution in [3.8, 4) is 11.5 Å². The van der Waals surface area contributed by atoms with Gasteiger partial charge in [-0.15, -0.1) is 0 Å². The summed E-state index contributed by atoms with van der Waals surface area (Å²) in [5.41, 5.74) is 2.61. The number of carbonyl (C=O) groups is 1. The number of rotatable bonds is 5. The lowest BCUT2D eigenvalue weighted by Crippen LogP contribution is -2.06. The van der Waals surface area contributed by atoms with Crippen molar-refractivity contribution in [2.24, 2.45) is 0 Å². The summed E-state index contributed by atoms with van der Waals surface area (Å²) in [5.74, 6) is 1.39. The van der Waals surface area contributed by atoms with E-state index in [0.29, 0.717) is 17.9 Å². The van der Waals surface area contributed by atoms with Gasteiger partial charge in [-0.25, -0.2) is 0 Å². The van der Waals surface area contributed by atoms with E-state index in [2.05, 4.69) is 15.9 Å². The second-order valence-corrected chi connectivity index (χ2v) is 5.66. The normalized spacial score (nSPS) is 10.3. The summed E-state index contributed by atoms with van der Waals surface area (Å²) in [4.78, 5) is 12.4. The number of benzene rings is 2. The molecule has 0 aliphatic carbocycles. The molecule has 0 saturated heterocycles. The molecule has 0 unspecified atom stereocenters. The summed E-state index contributed by atoms with van der Waals surface area (Å²) in [5, 5.41) is 0. The fourth-order valence-corrected chi connectivity index (χ4v) is 2.69. The van der Waals surface area contributed by atoms with Crippen LogP contribution in [0.1, 0.15) is 21.5 Å². The molecule has 3 nitrogen and oxygen atoms in total. The highest BCUT2D eigenvalue weighted by Gasteiger charge is 2.12. The van der Waals surface area contributed by atoms with Crippen molar-refractivity contribution in [1.29, 1.82) is 0 Å². The Balaban J connectivity index is 2.23. The zero-order valence-corrected chi connectivity index (χ0v) is 13.9. The van der Waals surface area contributed by atoms with Crippen LogP contribution in [-0.4, -0.2) is 20.0 Å². The molecular formula is C17H17BrO3. The van der Waals surface area contributed by atoms with Crippen molar-refractivity contribution < 1.29 is 14.3 Å². The predicted octanol–water partition coefficient (Wildman–Crippen LogP) is 4.20. The van der Waals surface area contributed by atoms with Crippen LogP contribution in [-0.2, 0) is 6.42 Å². The molecule has 0 atom stereocenters. The first kappa shape index (κ1) is 15.6. The van der Waals surface area contributed by atoms with Crippen LogP contribution in [0.3, 0.4) is 0 Å². The van der Waals surface area contributed by atoms with Gasteiger partial charge in [0.05, 0.1) is 14.2 Å². The Labute approximate surface area is 133 Å². The zero-order chi connectivity index (χ0) is 15.4. The number of methoxy groups -OCH3 is 2. The molecule has 2 aromatic carbocycles. The van der Waals surface area contributed by atoms with E-state index in [1.165, 1.54) is 0 Å². The predicted molar refractivity (Wildman–Crippen MR) is 86.5 cm³/mol. The lowest BCUT2D eigenvalue weighted by atomic mass is 9.99. The zero-order valence-electron chi connectivity index (χ0n) is 12.3. The van der Waals surface area contributed by atoms with Crippen LogP contribution in [0.15, 0.2) is 40.9 Å². The summed E-state index contributed by atoms with van der Waals surface area (Å²) in [6.07, 6.45) is 0.336. The van der Waals surface area contributed by atoms with Gasteiger partial charge in [0.1, 0.15) is 0 Å². The van der Waals surface area contributed by atoms with Gasteiger partial charge in [0.15, 0.2) is 17.3 Å². The highest BCUT2D eigenvalue weighted by molar-refractivity contribution is 9.10. The maximum atomic E-state index is 12.4. The molecule has 0 N–H and O–H groups in total. The summed E-state index contributed by atoms with van der Waals surface area (Å²) in [7, 11) is 3.18. The Morgan fingerprint density at radius 2 is 1.76 bits per heavy atom. The van der Waals surface area contributed by atoms with E-state index < -0.39 is 0 Å². The Morgan fingerprint density at radius 1 is 1.05 bits per heavy atom. The van der Waals surface area contributed by atoms with Crippen molar-refractivity contribution in [3.05, 3.63) is 57.6 Å². The molecule has 0 aliphatic rings. The van der Waals surface area contributed by atoms with Gasteiger partial charge in [-0.05, 0) is 42.3 Å². The Bertz CT molecular complexity index is 665. The van der Waals surface area contributed by atoms with Crippen molar-refractivity contribution in [2.45, 2.75) is 13.3 Å². The molecule has 0 amide bonds. The molecule has 21 heavy (non-hydrogen) atoms. The number of ketones is 1. The highest BCUT2D eigenvalue weighted by atomic mass is 79.9. The molecule has 0 radical (unpaired) electrons. The van der Waals surface area contributed by atoms with E-state index in [1.807, 2.05) is 43.3 Å². The van der Waals surface area contributed by atoms with Gasteiger partial charge in [-0.3, -0.25) is 4.79 Å². The fraction of sp³-hybridized carbons (Fsp3) is 0.235. The maximum Gasteiger partial charge on any atom is 0.167 e. The Kier molecular flexibility index (Phi) is 5.02. The molecule has 0 heterocycles. The molecule has 0 aromatic heterocycles. The van der Waals surface area contributed by atoms with Gasteiger partial charge in [0, 0.05) is 16.5 Å². The number of Topliss-reactive ketones (excluding diaryl/α,β-unsaturated/α-hetero) is 1. The quantitative estimate of drug-likeness (QED) is 0.759. The second kappa shape index (κ2) is 6.76. The average Bonchev–Trinajstić information content (AvgIpc) is 2.46. The molecule has 0 bridgehead atoms. The summed E-state index contributed by atoms with van der Waals surface area (Å²) < 4.78 is 11.4. The van der Waals surface area contributed by atoms with Crippen LogP contribution < -0.4 is 9.47 Å². The third-order valence-electron chi connectivity index (χ3n) is 3.30. The Hall–Kier alpha value is -1.81. The Morgan fingerprint density at radius 3 is 2.38 bits per heavy atom. The van der Waals surface area contributed by atoms with Gasteiger partial charge < -0.3 is 9.47 Å². The lowest BCUT2D eigenvalue weighted by molar-refractivity contribution is 0.0992. The van der Waals surface area contributed by atoms with Crippen molar-refractivity contribution in [2.75, 3.05) is 14.2 Å². The number of aryl methyl sites for hydroxylation is 1. The molecule has 2 aromatic rings. The van der Waals surface area contributed by atoms with Crippen molar-refractivity contribution in [3.63, 3.8) is 0 Å². The highest BCUT2D eigenvalue weighted by Crippen LogP contribution is 2.28. The van der Waals surface area contributed by atoms with Gasteiger partial charge in [0.2, 0.25) is 0 Å². The first-order valence-electron chi connectivity index (χ1n) is 6.55. The number of halogens is 1. The summed E-state index contributed by atoms with van der Waals surface area (Å²) >= 11 is 3.41. The first-order valence-corrected chi connectivity index (χ1v) is 7.34. The van der Waals surface area contributed by atoms with Crippen LogP contribution >= 0.6 is 15.9 Å². The minimum Gasteiger partial charge on any atom is -0.493 e. The lowest BCUT2D eigenvalue weighted by Gasteiger charge is -2.10. The van der Waals surface area contributed by atoms with Crippen LogP contribution in [0.5, 0.6) is 11.5 Å². The summed E-state index contributed by atoms with van der Waals surface area (Å²) in [6.45, 7) is 1.94. The third kappa shape index (κ3) is 3.64. The average molecular weight is 349 g/mol. The van der Waals surface area contributed by atoms with E-state index in [9.17, 15) is 4.79 Å². The van der Waals surface area contributed by atoms with Gasteiger partial charge in [-0.2, -0.15) is 0 Å². The third-order valence-corrected chi connectivity index (χ3v) is 3.79. The van der Waals surface area contributed by atoms with E-state index in [1.54, 1.807) is 14.2 Å². The van der Waals surface area contributed by atoms with Gasteiger partial charge in [-0.1, -0.05) is 28.1 Å². The molecular weight excluding hydrogens is 332 g/mol. The molecule has 0 fully saturated rings. The van der Waals surface area contributed by atoms with Crippen LogP contribution in [0.2, 0.25) is 0 Å². The minimum atomic E-state index is 0.0900. The van der Waals surface area contributed by atoms with Crippen LogP contribution in [0, 0.1) is 6.92 Å². The SMILES string of the molecule is COc1ccc(CC(=O)c2ccc(Br)cc2C)cc1OC. The fourth-order valence-electron chi connectivity index (χ4n) is 2.21. The van der Waals surface area contributed by atoms with Crippen LogP contribution in [0.4, 0.5) is 0 Å². The maximum absolute atomic E-state index is 12.4. The molecule has 2 rings (SSSR count). The topological polar surface area (TPSA) is 35.5 Å². The molecule has 0 saturated carbocycles. The molecule has 0 aliphatic heterocycles. The van der Waals surface area contributed by atoms with E-state index in [-0.39, 0.29) is 5.78 Å². The number of carbonyl (C=O) groups excluding carboxylic acids is 1. The van der Waals surface area contributed by atoms with E-state index in [0.717, 1.165) is 21.2 Å². The monoisotopic (exact) mass is 348 g/mol. The minimum absolute atomic E-state index is 0.0900. The van der Waals surface area contributed by atoms with Crippen molar-refractivity contribution in [1.82, 2.24) is 0 Å². The van der Waals surface area contributed by atoms with Gasteiger partial charge in [0.25, 0.3) is 0 Å². The largest absolute Gasteiger partial charge is 0.493 e. The second-order valence-electron chi connectivity index (χ2n) is 4.75. The standard InChI is InChI=1S/C17H17BrO3/c1-11-8-13(18)5-6-14(11)15(19)9-12-4-7-16(20-2)17(10-12)21-3/h4-8,10H,9H2,1-3H3. The number of ether oxygens (including phenoxy) is 2. The number of hydrogen-bond donors (Lipinski definition) is 0. The first-order chi connectivity index (χ1) is 10.0. The van der Waals surface area contributed by atoms with Crippen molar-refractivity contribution >= 4 is 21.7 Å². The van der Waals surface area contributed by atoms with E-state index in [4.69, 9.17) is 9.47 Å². The molecule has 4 heteroatoms. The molecule has 0 spiro atoms. The molecule has 110 valence electrons. The van der Waals surface area contributed by atoms with Gasteiger partial charge >= 0.3 is 0 Å². The summed E-state index contributed by atoms with van der Waals surface area (Å²) in [6, 6.07) is 11.2. The van der Waals surface area contributed by atoms with Crippen LogP contribution in [0.25, 0.3) is 0 Å².